The number of ether oxygens (including phenoxy) is 2. The van der Waals surface area contributed by atoms with Crippen molar-refractivity contribution in [3.05, 3.63) is 75.1 Å². The van der Waals surface area contributed by atoms with E-state index in [4.69, 9.17) is 25.5 Å². The smallest absolute Gasteiger partial charge is 0.351 e. The number of para-hydroxylation sites is 1. The summed E-state index contributed by atoms with van der Waals surface area (Å²) in [4.78, 5) is 24.4. The van der Waals surface area contributed by atoms with Gasteiger partial charge in [-0.15, -0.1) is 0 Å². The number of aliphatic hydroxyl groups excluding tert-OH is 1. The first-order valence-corrected chi connectivity index (χ1v) is 8.15. The molecule has 0 aliphatic rings. The normalized spacial score (nSPS) is 12.1. The Balaban J connectivity index is 1.92. The van der Waals surface area contributed by atoms with Crippen LogP contribution >= 0.6 is 11.6 Å². The van der Waals surface area contributed by atoms with Gasteiger partial charge in [0.25, 0.3) is 0 Å². The maximum absolute atomic E-state index is 12.3. The van der Waals surface area contributed by atoms with Gasteiger partial charge < -0.3 is 19.0 Å². The molecule has 0 spiro atoms. The van der Waals surface area contributed by atoms with E-state index in [0.29, 0.717) is 11.0 Å². The van der Waals surface area contributed by atoms with Crippen molar-refractivity contribution >= 4 is 28.5 Å². The molecule has 134 valence electrons. The first-order valence-electron chi connectivity index (χ1n) is 7.77. The van der Waals surface area contributed by atoms with Crippen LogP contribution in [-0.4, -0.2) is 17.4 Å². The maximum Gasteiger partial charge on any atom is 0.351 e. The van der Waals surface area contributed by atoms with Crippen LogP contribution in [0.15, 0.2) is 57.7 Å². The molecule has 0 aliphatic carbocycles. The average Bonchev–Trinajstić information content (AvgIpc) is 2.61. The summed E-state index contributed by atoms with van der Waals surface area (Å²) in [7, 11) is 0. The zero-order valence-electron chi connectivity index (χ0n) is 13.8. The summed E-state index contributed by atoms with van der Waals surface area (Å²) in [5, 5.41) is 9.97. The van der Waals surface area contributed by atoms with Gasteiger partial charge in [0.15, 0.2) is 6.29 Å². The van der Waals surface area contributed by atoms with Crippen molar-refractivity contribution in [3.8, 4) is 5.75 Å². The lowest BCUT2D eigenvalue weighted by Crippen LogP contribution is -2.18. The van der Waals surface area contributed by atoms with E-state index in [1.807, 2.05) is 0 Å². The lowest BCUT2D eigenvalue weighted by molar-refractivity contribution is -0.0939. The summed E-state index contributed by atoms with van der Waals surface area (Å²) in [6, 6.07) is 12.8. The monoisotopic (exact) mass is 374 g/mol. The van der Waals surface area contributed by atoms with Gasteiger partial charge in [0.2, 0.25) is 0 Å². The number of benzene rings is 2. The Bertz CT molecular complexity index is 1010. The highest BCUT2D eigenvalue weighted by atomic mass is 35.5. The Labute approximate surface area is 153 Å². The van der Waals surface area contributed by atoms with E-state index in [1.54, 1.807) is 36.4 Å². The molecule has 1 N–H and O–H groups in total. The molecule has 1 aromatic heterocycles. The van der Waals surface area contributed by atoms with Crippen molar-refractivity contribution < 1.29 is 23.8 Å². The lowest BCUT2D eigenvalue weighted by atomic mass is 10.1. The van der Waals surface area contributed by atoms with Gasteiger partial charge in [-0.3, -0.25) is 0 Å². The highest BCUT2D eigenvalue weighted by Gasteiger charge is 2.17. The summed E-state index contributed by atoms with van der Waals surface area (Å²) >= 11 is 5.96. The van der Waals surface area contributed by atoms with E-state index in [9.17, 15) is 14.7 Å². The summed E-state index contributed by atoms with van der Waals surface area (Å²) < 4.78 is 15.5. The van der Waals surface area contributed by atoms with Gasteiger partial charge in [0.1, 0.15) is 16.9 Å². The SMILES string of the molecule is CC(O)OCc1ccc2oc(=O)c(C(=O)Oc3ccccc3Cl)cc2c1. The number of esters is 1. The number of hydrogen-bond acceptors (Lipinski definition) is 6. The van der Waals surface area contributed by atoms with Crippen LogP contribution in [0.5, 0.6) is 5.75 Å². The molecule has 1 heterocycles. The minimum Gasteiger partial charge on any atom is -0.422 e. The minimum atomic E-state index is -0.902. The highest BCUT2D eigenvalue weighted by molar-refractivity contribution is 6.32. The summed E-state index contributed by atoms with van der Waals surface area (Å²) in [5.41, 5.74) is 0.0244. The van der Waals surface area contributed by atoms with Crippen LogP contribution in [0.2, 0.25) is 5.02 Å². The first-order chi connectivity index (χ1) is 12.4. The molecular weight excluding hydrogens is 360 g/mol. The van der Waals surface area contributed by atoms with Crippen LogP contribution in [0.4, 0.5) is 0 Å². The number of fused-ring (bicyclic) bond motifs is 1. The highest BCUT2D eigenvalue weighted by Crippen LogP contribution is 2.24. The Hall–Kier alpha value is -2.67. The van der Waals surface area contributed by atoms with Crippen LogP contribution < -0.4 is 10.4 Å². The summed E-state index contributed by atoms with van der Waals surface area (Å²) in [5.74, 6) is -0.711. The summed E-state index contributed by atoms with van der Waals surface area (Å²) in [6.07, 6.45) is -0.902. The molecule has 0 aliphatic heterocycles. The van der Waals surface area contributed by atoms with Crippen LogP contribution in [-0.2, 0) is 11.3 Å². The van der Waals surface area contributed by atoms with E-state index in [-0.39, 0.29) is 22.9 Å². The van der Waals surface area contributed by atoms with E-state index >= 15 is 0 Å². The van der Waals surface area contributed by atoms with Crippen molar-refractivity contribution in [3.63, 3.8) is 0 Å². The van der Waals surface area contributed by atoms with E-state index in [1.165, 1.54) is 19.1 Å². The number of carbonyl (C=O) groups is 1. The zero-order valence-corrected chi connectivity index (χ0v) is 14.5. The Kier molecular flexibility index (Phi) is 5.37. The molecule has 0 amide bonds. The first kappa shape index (κ1) is 18.1. The van der Waals surface area contributed by atoms with Crippen LogP contribution in [0.1, 0.15) is 22.8 Å². The molecule has 26 heavy (non-hydrogen) atoms. The van der Waals surface area contributed by atoms with Crippen molar-refractivity contribution in [2.24, 2.45) is 0 Å². The van der Waals surface area contributed by atoms with Gasteiger partial charge in [-0.2, -0.15) is 0 Å². The standard InChI is InChI=1S/C19H15ClO6/c1-11(21)24-10-12-6-7-16-13(8-12)9-14(18(22)25-16)19(23)26-17-5-3-2-4-15(17)20/h2-9,11,21H,10H2,1H3. The Morgan fingerprint density at radius 1 is 1.23 bits per heavy atom. The molecule has 3 rings (SSSR count). The second-order valence-electron chi connectivity index (χ2n) is 5.55. The zero-order chi connectivity index (χ0) is 18.7. The fraction of sp³-hybridized carbons (Fsp3) is 0.158. The molecule has 1 atom stereocenters. The van der Waals surface area contributed by atoms with E-state index < -0.39 is 17.9 Å². The molecule has 0 saturated heterocycles. The molecule has 1 unspecified atom stereocenters. The largest absolute Gasteiger partial charge is 0.422 e. The number of hydrogen-bond donors (Lipinski definition) is 1. The minimum absolute atomic E-state index is 0.151. The number of rotatable bonds is 5. The quantitative estimate of drug-likeness (QED) is 0.318. The molecule has 0 radical (unpaired) electrons. The van der Waals surface area contributed by atoms with Crippen LogP contribution in [0.3, 0.4) is 0 Å². The van der Waals surface area contributed by atoms with Gasteiger partial charge in [0, 0.05) is 5.39 Å². The summed E-state index contributed by atoms with van der Waals surface area (Å²) in [6.45, 7) is 1.68. The molecule has 7 heteroatoms. The number of carbonyl (C=O) groups excluding carboxylic acids is 1. The average molecular weight is 375 g/mol. The molecule has 3 aromatic rings. The predicted octanol–water partition coefficient (Wildman–Crippen LogP) is 3.52. The molecule has 0 saturated carbocycles. The van der Waals surface area contributed by atoms with Crippen LogP contribution in [0.25, 0.3) is 11.0 Å². The number of aliphatic hydroxyl groups is 1. The van der Waals surface area contributed by atoms with Gasteiger partial charge >= 0.3 is 11.6 Å². The fourth-order valence-electron chi connectivity index (χ4n) is 2.30. The van der Waals surface area contributed by atoms with Crippen molar-refractivity contribution in [2.75, 3.05) is 0 Å². The molecular formula is C19H15ClO6. The molecule has 2 aromatic carbocycles. The molecule has 0 bridgehead atoms. The third kappa shape index (κ3) is 4.11. The van der Waals surface area contributed by atoms with Gasteiger partial charge in [0.05, 0.1) is 11.6 Å². The van der Waals surface area contributed by atoms with Crippen molar-refractivity contribution in [1.82, 2.24) is 0 Å². The van der Waals surface area contributed by atoms with E-state index in [0.717, 1.165) is 5.56 Å². The van der Waals surface area contributed by atoms with Crippen molar-refractivity contribution in [2.45, 2.75) is 19.8 Å². The van der Waals surface area contributed by atoms with Crippen LogP contribution in [0, 0.1) is 0 Å². The lowest BCUT2D eigenvalue weighted by Gasteiger charge is -2.08. The fourth-order valence-corrected chi connectivity index (χ4v) is 2.48. The predicted molar refractivity (Wildman–Crippen MR) is 95.4 cm³/mol. The van der Waals surface area contributed by atoms with Gasteiger partial charge in [-0.05, 0) is 42.8 Å². The Morgan fingerprint density at radius 3 is 2.73 bits per heavy atom. The second kappa shape index (κ2) is 7.70. The maximum atomic E-state index is 12.3. The van der Waals surface area contributed by atoms with E-state index in [2.05, 4.69) is 0 Å². The number of halogens is 1. The third-order valence-electron chi connectivity index (χ3n) is 3.55. The second-order valence-corrected chi connectivity index (χ2v) is 5.96. The molecule has 6 nitrogen and oxygen atoms in total. The van der Waals surface area contributed by atoms with Crippen molar-refractivity contribution in [1.29, 1.82) is 0 Å². The topological polar surface area (TPSA) is 86.0 Å². The molecule has 0 fully saturated rings. The third-order valence-corrected chi connectivity index (χ3v) is 3.86. The van der Waals surface area contributed by atoms with Gasteiger partial charge in [-0.1, -0.05) is 29.8 Å². The van der Waals surface area contributed by atoms with Gasteiger partial charge in [-0.25, -0.2) is 9.59 Å². The Morgan fingerprint density at radius 2 is 2.00 bits per heavy atom.